The van der Waals surface area contributed by atoms with Crippen LogP contribution >= 0.6 is 0 Å². The second kappa shape index (κ2) is 4.70. The Balaban J connectivity index is 2.12. The van der Waals surface area contributed by atoms with E-state index in [1.165, 1.54) is 0 Å². The summed E-state index contributed by atoms with van der Waals surface area (Å²) < 4.78 is 1.70. The summed E-state index contributed by atoms with van der Waals surface area (Å²) in [7, 11) is 1.84. The van der Waals surface area contributed by atoms with Gasteiger partial charge in [-0.3, -0.25) is 4.68 Å². The molecule has 1 heterocycles. The molecule has 0 aliphatic heterocycles. The van der Waals surface area contributed by atoms with Crippen LogP contribution in [0.2, 0.25) is 0 Å². The van der Waals surface area contributed by atoms with Crippen LogP contribution in [-0.2, 0) is 7.05 Å². The first-order valence-corrected chi connectivity index (χ1v) is 6.17. The Bertz CT molecular complexity index is 793. The zero-order valence-corrected chi connectivity index (χ0v) is 10.9. The van der Waals surface area contributed by atoms with Crippen molar-refractivity contribution in [2.45, 2.75) is 0 Å². The predicted octanol–water partition coefficient (Wildman–Crippen LogP) is 3.02. The molecule has 1 aromatic heterocycles. The number of nitrogens with zero attached hydrogens (tertiary/aromatic N) is 2. The van der Waals surface area contributed by atoms with Crippen LogP contribution in [0.25, 0.3) is 10.8 Å². The van der Waals surface area contributed by atoms with Crippen molar-refractivity contribution in [3.8, 4) is 0 Å². The molecule has 100 valence electrons. The highest BCUT2D eigenvalue weighted by atomic mass is 16.4. The van der Waals surface area contributed by atoms with E-state index in [-0.39, 0.29) is 0 Å². The van der Waals surface area contributed by atoms with Crippen molar-refractivity contribution < 1.29 is 9.90 Å². The van der Waals surface area contributed by atoms with E-state index >= 15 is 0 Å². The van der Waals surface area contributed by atoms with E-state index in [1.807, 2.05) is 43.6 Å². The highest BCUT2D eigenvalue weighted by molar-refractivity contribution is 6.08. The van der Waals surface area contributed by atoms with Gasteiger partial charge in [0.2, 0.25) is 0 Å². The fourth-order valence-electron chi connectivity index (χ4n) is 2.21. The number of benzene rings is 2. The zero-order valence-electron chi connectivity index (χ0n) is 10.9. The number of carbonyl (C=O) groups is 1. The highest BCUT2D eigenvalue weighted by Gasteiger charge is 2.11. The Kier molecular flexibility index (Phi) is 2.87. The summed E-state index contributed by atoms with van der Waals surface area (Å²) >= 11 is 0. The molecule has 0 saturated carbocycles. The highest BCUT2D eigenvalue weighted by Crippen LogP contribution is 2.28. The largest absolute Gasteiger partial charge is 0.478 e. The molecule has 0 bridgehead atoms. The number of anilines is 2. The summed E-state index contributed by atoms with van der Waals surface area (Å²) in [5, 5.41) is 18.3. The summed E-state index contributed by atoms with van der Waals surface area (Å²) in [5.74, 6) is -0.202. The number of carboxylic acid groups (broad SMARTS) is 1. The van der Waals surface area contributed by atoms with Gasteiger partial charge in [0.15, 0.2) is 5.82 Å². The third kappa shape index (κ3) is 2.09. The van der Waals surface area contributed by atoms with Crippen molar-refractivity contribution in [1.82, 2.24) is 9.78 Å². The number of rotatable bonds is 3. The van der Waals surface area contributed by atoms with Crippen molar-refractivity contribution in [1.29, 1.82) is 0 Å². The van der Waals surface area contributed by atoms with Crippen LogP contribution < -0.4 is 5.32 Å². The second-order valence-electron chi connectivity index (χ2n) is 4.51. The average Bonchev–Trinajstić information content (AvgIpc) is 2.84. The maximum absolute atomic E-state index is 11.3. The Morgan fingerprint density at radius 3 is 2.55 bits per heavy atom. The van der Waals surface area contributed by atoms with E-state index in [0.29, 0.717) is 10.9 Å². The Morgan fingerprint density at radius 1 is 1.15 bits per heavy atom. The lowest BCUT2D eigenvalue weighted by Crippen LogP contribution is -2.00. The lowest BCUT2D eigenvalue weighted by atomic mass is 10.0. The molecule has 20 heavy (non-hydrogen) atoms. The van der Waals surface area contributed by atoms with E-state index in [0.717, 1.165) is 16.9 Å². The van der Waals surface area contributed by atoms with Gasteiger partial charge in [0.1, 0.15) is 0 Å². The monoisotopic (exact) mass is 267 g/mol. The first-order valence-electron chi connectivity index (χ1n) is 6.17. The molecule has 2 aromatic carbocycles. The Morgan fingerprint density at radius 2 is 1.90 bits per heavy atom. The van der Waals surface area contributed by atoms with Gasteiger partial charge in [0, 0.05) is 30.4 Å². The molecule has 2 N–H and O–H groups in total. The van der Waals surface area contributed by atoms with Gasteiger partial charge >= 0.3 is 5.97 Å². The molecule has 0 spiro atoms. The fourth-order valence-corrected chi connectivity index (χ4v) is 2.21. The van der Waals surface area contributed by atoms with Crippen LogP contribution in [0.3, 0.4) is 0 Å². The lowest BCUT2D eigenvalue weighted by Gasteiger charge is -2.09. The summed E-state index contributed by atoms with van der Waals surface area (Å²) in [6.07, 6.45) is 1.84. The fraction of sp³-hybridized carbons (Fsp3) is 0.0667. The molecule has 0 aliphatic carbocycles. The number of hydrogen-bond acceptors (Lipinski definition) is 3. The van der Waals surface area contributed by atoms with Gasteiger partial charge in [-0.1, -0.05) is 24.3 Å². The van der Waals surface area contributed by atoms with Gasteiger partial charge in [0.25, 0.3) is 0 Å². The number of carboxylic acids is 1. The van der Waals surface area contributed by atoms with Gasteiger partial charge in [-0.05, 0) is 17.5 Å². The third-order valence-corrected chi connectivity index (χ3v) is 3.13. The second-order valence-corrected chi connectivity index (χ2v) is 4.51. The molecule has 0 unspecified atom stereocenters. The lowest BCUT2D eigenvalue weighted by molar-refractivity contribution is 0.0699. The van der Waals surface area contributed by atoms with Gasteiger partial charge < -0.3 is 10.4 Å². The number of fused-ring (bicyclic) bond motifs is 1. The summed E-state index contributed by atoms with van der Waals surface area (Å²) in [6, 6.07) is 12.7. The summed E-state index contributed by atoms with van der Waals surface area (Å²) in [4.78, 5) is 11.3. The van der Waals surface area contributed by atoms with Gasteiger partial charge in [-0.15, -0.1) is 0 Å². The van der Waals surface area contributed by atoms with Crippen molar-refractivity contribution in [2.75, 3.05) is 5.32 Å². The topological polar surface area (TPSA) is 67.2 Å². The normalized spacial score (nSPS) is 10.7. The number of aromatic carboxylic acids is 1. The van der Waals surface area contributed by atoms with Crippen molar-refractivity contribution in [2.24, 2.45) is 7.05 Å². The first-order chi connectivity index (χ1) is 9.65. The van der Waals surface area contributed by atoms with Crippen molar-refractivity contribution >= 4 is 28.2 Å². The smallest absolute Gasteiger partial charge is 0.336 e. The van der Waals surface area contributed by atoms with E-state index in [1.54, 1.807) is 16.8 Å². The molecule has 3 aromatic rings. The maximum Gasteiger partial charge on any atom is 0.336 e. The van der Waals surface area contributed by atoms with Crippen LogP contribution in [0.4, 0.5) is 11.5 Å². The molecule has 3 rings (SSSR count). The maximum atomic E-state index is 11.3. The van der Waals surface area contributed by atoms with Crippen LogP contribution in [0.1, 0.15) is 10.4 Å². The zero-order chi connectivity index (χ0) is 14.1. The first kappa shape index (κ1) is 12.2. The predicted molar refractivity (Wildman–Crippen MR) is 77.4 cm³/mol. The molecule has 5 nitrogen and oxygen atoms in total. The minimum Gasteiger partial charge on any atom is -0.478 e. The van der Waals surface area contributed by atoms with E-state index in [4.69, 9.17) is 0 Å². The molecule has 0 radical (unpaired) electrons. The number of hydrogen-bond donors (Lipinski definition) is 2. The molecular weight excluding hydrogens is 254 g/mol. The minimum absolute atomic E-state index is 0.298. The van der Waals surface area contributed by atoms with Crippen LogP contribution in [0.15, 0.2) is 48.7 Å². The van der Waals surface area contributed by atoms with Gasteiger partial charge in [-0.2, -0.15) is 5.10 Å². The van der Waals surface area contributed by atoms with Gasteiger partial charge in [-0.25, -0.2) is 4.79 Å². The number of nitrogens with one attached hydrogen (secondary N) is 1. The van der Waals surface area contributed by atoms with Crippen molar-refractivity contribution in [3.05, 3.63) is 54.2 Å². The third-order valence-electron chi connectivity index (χ3n) is 3.13. The average molecular weight is 267 g/mol. The standard InChI is InChI=1S/C15H13N3O2/c1-18-9-8-14(17-18)16-13-7-6-12(15(19)20)10-4-2-3-5-11(10)13/h2-9H,1H3,(H,16,17)(H,19,20). The number of aryl methyl sites for hydroxylation is 1. The summed E-state index contributed by atoms with van der Waals surface area (Å²) in [5.41, 5.74) is 1.14. The minimum atomic E-state index is -0.925. The molecule has 0 aliphatic rings. The quantitative estimate of drug-likeness (QED) is 0.765. The van der Waals surface area contributed by atoms with Crippen LogP contribution in [0.5, 0.6) is 0 Å². The molecular formula is C15H13N3O2. The summed E-state index contributed by atoms with van der Waals surface area (Å²) in [6.45, 7) is 0. The molecule has 5 heteroatoms. The number of aromatic nitrogens is 2. The van der Waals surface area contributed by atoms with E-state index < -0.39 is 5.97 Å². The van der Waals surface area contributed by atoms with Crippen molar-refractivity contribution in [3.63, 3.8) is 0 Å². The van der Waals surface area contributed by atoms with E-state index in [9.17, 15) is 9.90 Å². The molecule has 0 amide bonds. The van der Waals surface area contributed by atoms with Crippen LogP contribution in [0, 0.1) is 0 Å². The SMILES string of the molecule is Cn1ccc(Nc2ccc(C(=O)O)c3ccccc23)n1. The Hall–Kier alpha value is -2.82. The molecule has 0 saturated heterocycles. The molecule has 0 fully saturated rings. The Labute approximate surface area is 115 Å². The van der Waals surface area contributed by atoms with Gasteiger partial charge in [0.05, 0.1) is 5.56 Å². The van der Waals surface area contributed by atoms with Crippen LogP contribution in [-0.4, -0.2) is 20.9 Å². The molecule has 0 atom stereocenters. The van der Waals surface area contributed by atoms with E-state index in [2.05, 4.69) is 10.4 Å².